The molecule has 0 N–H and O–H groups in total. The van der Waals surface area contributed by atoms with Gasteiger partial charge < -0.3 is 9.90 Å². The van der Waals surface area contributed by atoms with Crippen LogP contribution in [0.1, 0.15) is 15.9 Å². The summed E-state index contributed by atoms with van der Waals surface area (Å²) in [5.41, 5.74) is 2.66. The number of nitrogens with zero attached hydrogens (tertiary/aromatic N) is 1. The predicted molar refractivity (Wildman–Crippen MR) is 75.1 cm³/mol. The standard InChI is InChI=1S/C14H11Cl2NO2.Na/c1-9-5-2-3-6-10(9)11-7-4-8-12(14(18)19)13(11)17(15)16;/h2-8H,1H3,(H,18,19);/q;+1/p-1. The fourth-order valence-electron chi connectivity index (χ4n) is 1.98. The van der Waals surface area contributed by atoms with Crippen molar-refractivity contribution in [2.45, 2.75) is 6.92 Å². The molecule has 6 heteroatoms. The van der Waals surface area contributed by atoms with Crippen molar-refractivity contribution < 1.29 is 39.5 Å². The maximum atomic E-state index is 11.1. The van der Waals surface area contributed by atoms with Gasteiger partial charge in [-0.25, -0.2) is 0 Å². The van der Waals surface area contributed by atoms with Crippen LogP contribution in [0.4, 0.5) is 5.69 Å². The van der Waals surface area contributed by atoms with Crippen molar-refractivity contribution in [1.29, 1.82) is 0 Å². The van der Waals surface area contributed by atoms with Gasteiger partial charge in [0.25, 0.3) is 0 Å². The van der Waals surface area contributed by atoms with Crippen molar-refractivity contribution in [2.24, 2.45) is 0 Å². The molecule has 0 bridgehead atoms. The summed E-state index contributed by atoms with van der Waals surface area (Å²) < 4.78 is 0.757. The number of anilines is 1. The average Bonchev–Trinajstić information content (AvgIpc) is 2.38. The molecule has 0 heterocycles. The summed E-state index contributed by atoms with van der Waals surface area (Å²) in [4.78, 5) is 11.1. The van der Waals surface area contributed by atoms with Crippen LogP contribution >= 0.6 is 23.6 Å². The second kappa shape index (κ2) is 7.34. The number of aromatic carboxylic acids is 1. The SMILES string of the molecule is Cc1ccccc1-c1cccc(C(=O)[O-])c1N(Cl)Cl.[Na+]. The minimum absolute atomic E-state index is 0. The number of benzene rings is 2. The van der Waals surface area contributed by atoms with E-state index in [2.05, 4.69) is 0 Å². The molecule has 0 aromatic heterocycles. The first kappa shape index (κ1) is 17.3. The van der Waals surface area contributed by atoms with Gasteiger partial charge in [-0.1, -0.05) is 42.5 Å². The Kier molecular flexibility index (Phi) is 6.37. The van der Waals surface area contributed by atoms with Crippen molar-refractivity contribution in [2.75, 3.05) is 3.94 Å². The van der Waals surface area contributed by atoms with Crippen molar-refractivity contribution in [3.05, 3.63) is 53.6 Å². The summed E-state index contributed by atoms with van der Waals surface area (Å²) in [6.07, 6.45) is 0. The second-order valence-electron chi connectivity index (χ2n) is 4.04. The van der Waals surface area contributed by atoms with Crippen LogP contribution in [0.25, 0.3) is 11.1 Å². The molecule has 0 atom stereocenters. The van der Waals surface area contributed by atoms with E-state index < -0.39 is 5.97 Å². The molecular formula is C14H10Cl2NNaO2. The molecular weight excluding hydrogens is 308 g/mol. The fourth-order valence-corrected chi connectivity index (χ4v) is 2.35. The van der Waals surface area contributed by atoms with E-state index in [4.69, 9.17) is 23.6 Å². The topological polar surface area (TPSA) is 43.4 Å². The van der Waals surface area contributed by atoms with Crippen LogP contribution in [0.15, 0.2) is 42.5 Å². The Balaban J connectivity index is 0.00000200. The molecule has 98 valence electrons. The number of halogens is 2. The molecule has 20 heavy (non-hydrogen) atoms. The first-order chi connectivity index (χ1) is 9.02. The van der Waals surface area contributed by atoms with Gasteiger partial charge >= 0.3 is 29.6 Å². The van der Waals surface area contributed by atoms with Gasteiger partial charge in [-0.15, -0.1) is 0 Å². The Morgan fingerprint density at radius 2 is 1.65 bits per heavy atom. The molecule has 2 aromatic rings. The van der Waals surface area contributed by atoms with E-state index in [1.165, 1.54) is 6.07 Å². The van der Waals surface area contributed by atoms with Crippen molar-refractivity contribution >= 4 is 35.2 Å². The zero-order valence-corrected chi connectivity index (χ0v) is 14.6. The zero-order valence-electron chi connectivity index (χ0n) is 11.1. The van der Waals surface area contributed by atoms with E-state index in [0.717, 1.165) is 15.1 Å². The number of carbonyl (C=O) groups is 1. The monoisotopic (exact) mass is 317 g/mol. The Morgan fingerprint density at radius 1 is 1.05 bits per heavy atom. The molecule has 0 fully saturated rings. The number of carboxylic acids is 1. The summed E-state index contributed by atoms with van der Waals surface area (Å²) >= 11 is 11.5. The van der Waals surface area contributed by atoms with E-state index in [9.17, 15) is 9.90 Å². The van der Waals surface area contributed by atoms with Crippen molar-refractivity contribution in [3.63, 3.8) is 0 Å². The Hall–Kier alpha value is -0.710. The molecule has 0 amide bonds. The number of hydrogen-bond acceptors (Lipinski definition) is 3. The number of para-hydroxylation sites is 1. The molecule has 0 unspecified atom stereocenters. The van der Waals surface area contributed by atoms with E-state index in [0.29, 0.717) is 5.56 Å². The number of carboxylic acid groups (broad SMARTS) is 1. The summed E-state index contributed by atoms with van der Waals surface area (Å²) in [6, 6.07) is 12.4. The van der Waals surface area contributed by atoms with Crippen LogP contribution in [-0.2, 0) is 0 Å². The van der Waals surface area contributed by atoms with E-state index >= 15 is 0 Å². The van der Waals surface area contributed by atoms with Crippen molar-refractivity contribution in [3.8, 4) is 11.1 Å². The number of hydrogen-bond donors (Lipinski definition) is 0. The maximum Gasteiger partial charge on any atom is 1.00 e. The Bertz CT molecular complexity index is 632. The largest absolute Gasteiger partial charge is 1.00 e. The molecule has 0 saturated heterocycles. The van der Waals surface area contributed by atoms with Gasteiger partial charge in [0, 0.05) is 34.7 Å². The average molecular weight is 318 g/mol. The van der Waals surface area contributed by atoms with Crippen LogP contribution < -0.4 is 38.6 Å². The number of aryl methyl sites for hydroxylation is 1. The van der Waals surface area contributed by atoms with Gasteiger partial charge in [-0.2, -0.15) is 3.94 Å². The van der Waals surface area contributed by atoms with Crippen LogP contribution in [0, 0.1) is 6.92 Å². The predicted octanol–water partition coefficient (Wildman–Crippen LogP) is 0.144. The molecule has 3 nitrogen and oxygen atoms in total. The fraction of sp³-hybridized carbons (Fsp3) is 0.0714. The summed E-state index contributed by atoms with van der Waals surface area (Å²) in [7, 11) is 0. The molecule has 0 aliphatic carbocycles. The van der Waals surface area contributed by atoms with E-state index in [1.54, 1.807) is 12.1 Å². The normalized spacial score (nSPS) is 9.75. The molecule has 2 rings (SSSR count). The minimum Gasteiger partial charge on any atom is -0.545 e. The number of rotatable bonds is 3. The van der Waals surface area contributed by atoms with Crippen molar-refractivity contribution in [1.82, 2.24) is 0 Å². The van der Waals surface area contributed by atoms with Gasteiger partial charge in [0.2, 0.25) is 0 Å². The van der Waals surface area contributed by atoms with E-state index in [1.807, 2.05) is 31.2 Å². The third-order valence-electron chi connectivity index (χ3n) is 2.86. The molecule has 0 aliphatic rings. The first-order valence-electron chi connectivity index (χ1n) is 5.54. The van der Waals surface area contributed by atoms with Crippen LogP contribution in [0.5, 0.6) is 0 Å². The van der Waals surface area contributed by atoms with Crippen LogP contribution in [-0.4, -0.2) is 5.97 Å². The van der Waals surface area contributed by atoms with Crippen LogP contribution in [0.3, 0.4) is 0 Å². The number of carbonyl (C=O) groups excluding carboxylic acids is 1. The van der Waals surface area contributed by atoms with E-state index in [-0.39, 0.29) is 40.8 Å². The first-order valence-corrected chi connectivity index (χ1v) is 6.22. The third-order valence-corrected chi connectivity index (χ3v) is 3.20. The Labute approximate surface area is 149 Å². The summed E-state index contributed by atoms with van der Waals surface area (Å²) in [6.45, 7) is 1.93. The van der Waals surface area contributed by atoms with Gasteiger partial charge in [0.1, 0.15) is 0 Å². The van der Waals surface area contributed by atoms with Gasteiger partial charge in [-0.05, 0) is 18.1 Å². The van der Waals surface area contributed by atoms with Gasteiger partial charge in [-0.3, -0.25) is 0 Å². The molecule has 2 aromatic carbocycles. The van der Waals surface area contributed by atoms with Gasteiger partial charge in [0.05, 0.1) is 11.7 Å². The maximum absolute atomic E-state index is 11.1. The zero-order chi connectivity index (χ0) is 14.0. The summed E-state index contributed by atoms with van der Waals surface area (Å²) in [5.74, 6) is -1.32. The molecule has 0 aliphatic heterocycles. The summed E-state index contributed by atoms with van der Waals surface area (Å²) in [5, 5.41) is 11.1. The quantitative estimate of drug-likeness (QED) is 0.597. The van der Waals surface area contributed by atoms with Gasteiger partial charge in [0.15, 0.2) is 0 Å². The smallest absolute Gasteiger partial charge is 0.545 e. The Morgan fingerprint density at radius 3 is 2.20 bits per heavy atom. The molecule has 0 radical (unpaired) electrons. The third kappa shape index (κ3) is 3.48. The van der Waals surface area contributed by atoms with Crippen LogP contribution in [0.2, 0.25) is 0 Å². The second-order valence-corrected chi connectivity index (χ2v) is 4.89. The molecule has 0 saturated carbocycles. The minimum atomic E-state index is -1.32. The molecule has 0 spiro atoms.